The van der Waals surface area contributed by atoms with E-state index < -0.39 is 0 Å². The number of benzene rings is 3. The van der Waals surface area contributed by atoms with Gasteiger partial charge in [-0.05, 0) is 53.1 Å². The van der Waals surface area contributed by atoms with Gasteiger partial charge in [-0.25, -0.2) is 9.78 Å². The van der Waals surface area contributed by atoms with E-state index in [9.17, 15) is 4.79 Å². The Morgan fingerprint density at radius 1 is 0.825 bits per heavy atom. The second kappa shape index (κ2) is 11.4. The lowest BCUT2D eigenvalue weighted by Crippen LogP contribution is -2.46. The summed E-state index contributed by atoms with van der Waals surface area (Å²) in [7, 11) is 1.79. The Morgan fingerprint density at radius 3 is 2.27 bits per heavy atom. The second-order valence-electron chi connectivity index (χ2n) is 9.96. The highest BCUT2D eigenvalue weighted by atomic mass is 16.2. The van der Waals surface area contributed by atoms with Crippen molar-refractivity contribution in [1.29, 1.82) is 0 Å². The Hall–Kier alpha value is -4.98. The molecule has 8 heteroatoms. The molecule has 5 aromatic rings. The summed E-state index contributed by atoms with van der Waals surface area (Å²) in [6, 6.07) is 28.0. The monoisotopic (exact) mass is 529 g/mol. The van der Waals surface area contributed by atoms with Crippen molar-refractivity contribution in [3.05, 3.63) is 109 Å². The molecular weight excluding hydrogens is 498 g/mol. The molecule has 2 amide bonds. The number of urea groups is 1. The highest BCUT2D eigenvalue weighted by molar-refractivity contribution is 5.90. The van der Waals surface area contributed by atoms with Gasteiger partial charge in [0.05, 0.1) is 17.2 Å². The lowest BCUT2D eigenvalue weighted by molar-refractivity contribution is 0.220. The average Bonchev–Trinajstić information content (AvgIpc) is 3.02. The number of carbonyl (C=O) groups is 1. The zero-order chi connectivity index (χ0) is 27.3. The minimum absolute atomic E-state index is 0.147. The molecule has 1 fully saturated rings. The van der Waals surface area contributed by atoms with Crippen molar-refractivity contribution in [3.63, 3.8) is 0 Å². The van der Waals surface area contributed by atoms with E-state index in [2.05, 4.69) is 49.4 Å². The number of anilines is 3. The van der Waals surface area contributed by atoms with Gasteiger partial charge in [-0.2, -0.15) is 0 Å². The Balaban J connectivity index is 1.11. The van der Waals surface area contributed by atoms with Crippen molar-refractivity contribution in [2.24, 2.45) is 0 Å². The maximum Gasteiger partial charge on any atom is 0.321 e. The first-order valence-corrected chi connectivity index (χ1v) is 13.5. The normalized spacial score (nSPS) is 13.3. The third-order valence-electron chi connectivity index (χ3n) is 7.24. The zero-order valence-corrected chi connectivity index (χ0v) is 22.4. The number of nitrogens with zero attached hydrogens (tertiary/aromatic N) is 6. The van der Waals surface area contributed by atoms with Crippen LogP contribution in [0.4, 0.5) is 22.0 Å². The fraction of sp³-hybridized carbons (Fsp3) is 0.188. The fourth-order valence-electron chi connectivity index (χ4n) is 4.98. The van der Waals surface area contributed by atoms with Crippen LogP contribution in [0, 0.1) is 0 Å². The third-order valence-corrected chi connectivity index (χ3v) is 7.24. The molecule has 0 aliphatic carbocycles. The number of hydrogen-bond acceptors (Lipinski definition) is 6. The summed E-state index contributed by atoms with van der Waals surface area (Å²) in [6.07, 6.45) is 5.55. The van der Waals surface area contributed by atoms with Gasteiger partial charge in [0, 0.05) is 63.5 Å². The van der Waals surface area contributed by atoms with Crippen LogP contribution in [0.15, 0.2) is 104 Å². The van der Waals surface area contributed by atoms with Crippen LogP contribution in [0.1, 0.15) is 5.56 Å². The molecule has 0 spiro atoms. The van der Waals surface area contributed by atoms with Crippen molar-refractivity contribution in [2.75, 3.05) is 48.3 Å². The number of fused-ring (bicyclic) bond motifs is 1. The van der Waals surface area contributed by atoms with Gasteiger partial charge in [0.25, 0.3) is 0 Å². The van der Waals surface area contributed by atoms with Crippen molar-refractivity contribution >= 4 is 34.3 Å². The first-order valence-electron chi connectivity index (χ1n) is 13.5. The number of pyridine rings is 1. The zero-order valence-electron chi connectivity index (χ0n) is 22.4. The van der Waals surface area contributed by atoms with Gasteiger partial charge in [0.2, 0.25) is 0 Å². The summed E-state index contributed by atoms with van der Waals surface area (Å²) < 4.78 is 0. The summed E-state index contributed by atoms with van der Waals surface area (Å²) >= 11 is 0. The Morgan fingerprint density at radius 2 is 1.52 bits per heavy atom. The molecule has 1 aliphatic rings. The molecule has 1 N–H and O–H groups in total. The molecule has 0 radical (unpaired) electrons. The minimum atomic E-state index is -0.147. The van der Waals surface area contributed by atoms with Crippen LogP contribution in [0.5, 0.6) is 0 Å². The van der Waals surface area contributed by atoms with Crippen LogP contribution >= 0.6 is 0 Å². The molecule has 0 unspecified atom stereocenters. The molecule has 0 bridgehead atoms. The summed E-state index contributed by atoms with van der Waals surface area (Å²) in [5.74, 6) is 0.900. The molecule has 3 aromatic carbocycles. The first kappa shape index (κ1) is 25.3. The van der Waals surface area contributed by atoms with Crippen LogP contribution in [0.3, 0.4) is 0 Å². The Labute approximate surface area is 233 Å². The van der Waals surface area contributed by atoms with Crippen LogP contribution < -0.4 is 15.1 Å². The molecule has 2 aromatic heterocycles. The number of aromatic nitrogens is 3. The Bertz CT molecular complexity index is 1590. The van der Waals surface area contributed by atoms with Crippen LogP contribution in [0.25, 0.3) is 22.2 Å². The molecule has 0 atom stereocenters. The summed E-state index contributed by atoms with van der Waals surface area (Å²) in [6.45, 7) is 4.17. The molecule has 1 saturated heterocycles. The number of carbonyl (C=O) groups excluding carboxylic acids is 1. The maximum atomic E-state index is 12.7. The van der Waals surface area contributed by atoms with Gasteiger partial charge in [-0.3, -0.25) is 9.97 Å². The van der Waals surface area contributed by atoms with Gasteiger partial charge in [0.15, 0.2) is 0 Å². The lowest BCUT2D eigenvalue weighted by atomic mass is 10.0. The number of piperazine rings is 1. The molecule has 200 valence electrons. The molecule has 0 saturated carbocycles. The van der Waals surface area contributed by atoms with E-state index in [0.717, 1.165) is 65.4 Å². The van der Waals surface area contributed by atoms with Crippen molar-refractivity contribution in [1.82, 2.24) is 19.9 Å². The highest BCUT2D eigenvalue weighted by Gasteiger charge is 2.19. The van der Waals surface area contributed by atoms with Gasteiger partial charge >= 0.3 is 6.03 Å². The van der Waals surface area contributed by atoms with Crippen molar-refractivity contribution < 1.29 is 4.79 Å². The largest absolute Gasteiger partial charge is 0.368 e. The summed E-state index contributed by atoms with van der Waals surface area (Å²) in [4.78, 5) is 32.8. The van der Waals surface area contributed by atoms with Gasteiger partial charge in [-0.15, -0.1) is 0 Å². The quantitative estimate of drug-likeness (QED) is 0.305. The van der Waals surface area contributed by atoms with Crippen molar-refractivity contribution in [3.8, 4) is 11.1 Å². The van der Waals surface area contributed by atoms with E-state index in [1.807, 2.05) is 79.3 Å². The van der Waals surface area contributed by atoms with E-state index >= 15 is 0 Å². The maximum absolute atomic E-state index is 12.7. The first-order chi connectivity index (χ1) is 19.6. The van der Waals surface area contributed by atoms with Gasteiger partial charge in [0.1, 0.15) is 5.82 Å². The highest BCUT2D eigenvalue weighted by Crippen LogP contribution is 2.26. The third kappa shape index (κ3) is 5.71. The molecule has 6 rings (SSSR count). The standard InChI is InChI=1S/C32H31N7O/c1-37(23-24-5-3-2-4-6-24)32(40)35-27-10-7-25(8-11-27)26-9-12-29-30(21-26)36-31(22-34-29)39-19-17-38(18-20-39)28-13-15-33-16-14-28/h2-16,21-22H,17-20,23H2,1H3,(H,35,40). The Kier molecular flexibility index (Phi) is 7.22. The SMILES string of the molecule is CN(Cc1ccccc1)C(=O)Nc1ccc(-c2ccc3ncc(N4CCN(c5ccncc5)CC4)nc3c2)cc1. The minimum Gasteiger partial charge on any atom is -0.368 e. The smallest absolute Gasteiger partial charge is 0.321 e. The molecule has 3 heterocycles. The topological polar surface area (TPSA) is 77.5 Å². The molecular formula is C32H31N7O. The number of nitrogens with one attached hydrogen (secondary N) is 1. The lowest BCUT2D eigenvalue weighted by Gasteiger charge is -2.36. The molecule has 40 heavy (non-hydrogen) atoms. The second-order valence-corrected chi connectivity index (χ2v) is 9.96. The van der Waals surface area contributed by atoms with E-state index in [1.54, 1.807) is 11.9 Å². The summed E-state index contributed by atoms with van der Waals surface area (Å²) in [5.41, 5.74) is 6.89. The van der Waals surface area contributed by atoms with Crippen LogP contribution in [-0.2, 0) is 6.54 Å². The number of hydrogen-bond donors (Lipinski definition) is 1. The predicted octanol–water partition coefficient (Wildman–Crippen LogP) is 5.68. The van der Waals surface area contributed by atoms with Gasteiger partial charge in [-0.1, -0.05) is 48.5 Å². The van der Waals surface area contributed by atoms with E-state index in [4.69, 9.17) is 4.98 Å². The van der Waals surface area contributed by atoms with E-state index in [1.165, 1.54) is 5.69 Å². The van der Waals surface area contributed by atoms with Crippen LogP contribution in [-0.4, -0.2) is 59.1 Å². The van der Waals surface area contributed by atoms with Crippen molar-refractivity contribution in [2.45, 2.75) is 6.54 Å². The fourth-order valence-corrected chi connectivity index (χ4v) is 4.98. The van der Waals surface area contributed by atoms with Gasteiger partial charge < -0.3 is 20.0 Å². The molecule has 8 nitrogen and oxygen atoms in total. The molecule has 1 aliphatic heterocycles. The average molecular weight is 530 g/mol. The van der Waals surface area contributed by atoms with E-state index in [0.29, 0.717) is 6.54 Å². The number of amides is 2. The van der Waals surface area contributed by atoms with Crippen LogP contribution in [0.2, 0.25) is 0 Å². The van der Waals surface area contributed by atoms with E-state index in [-0.39, 0.29) is 6.03 Å². The number of rotatable bonds is 6. The predicted molar refractivity (Wildman–Crippen MR) is 161 cm³/mol. The summed E-state index contributed by atoms with van der Waals surface area (Å²) in [5, 5.41) is 2.98.